The minimum Gasteiger partial charge on any atom is -0.478 e. The van der Waals surface area contributed by atoms with E-state index in [2.05, 4.69) is 0 Å². The van der Waals surface area contributed by atoms with Gasteiger partial charge in [0, 0.05) is 0 Å². The minimum atomic E-state index is -1.57. The lowest BCUT2D eigenvalue weighted by Crippen LogP contribution is -2.53. The highest BCUT2D eigenvalue weighted by Crippen LogP contribution is 2.38. The molecule has 0 fully saturated rings. The van der Waals surface area contributed by atoms with Crippen LogP contribution >= 0.6 is 0 Å². The van der Waals surface area contributed by atoms with E-state index in [1.807, 2.05) is 0 Å². The number of hydrogen-bond donors (Lipinski definition) is 3. The second kappa shape index (κ2) is 2.06. The standard InChI is InChI=1S/C7H10O4/c1-3-4(6(9)10)7(2,11)5(3)8/h5,8,11H,1-2H3,(H,9,10)/t5-,7+/m1/s1. The maximum absolute atomic E-state index is 10.4. The van der Waals surface area contributed by atoms with E-state index in [-0.39, 0.29) is 5.57 Å². The third-order valence-corrected chi connectivity index (χ3v) is 2.06. The van der Waals surface area contributed by atoms with E-state index in [1.165, 1.54) is 13.8 Å². The fourth-order valence-corrected chi connectivity index (χ4v) is 1.40. The molecule has 4 nitrogen and oxygen atoms in total. The Kier molecular flexibility index (Phi) is 1.54. The average Bonchev–Trinajstić information content (AvgIpc) is 1.85. The van der Waals surface area contributed by atoms with Crippen LogP contribution in [-0.2, 0) is 4.79 Å². The van der Waals surface area contributed by atoms with Crippen molar-refractivity contribution in [3.8, 4) is 0 Å². The molecule has 0 aromatic carbocycles. The molecule has 0 radical (unpaired) electrons. The molecule has 3 N–H and O–H groups in total. The van der Waals surface area contributed by atoms with Gasteiger partial charge in [0.2, 0.25) is 0 Å². The number of aliphatic carboxylic acids is 1. The van der Waals surface area contributed by atoms with Crippen molar-refractivity contribution in [2.24, 2.45) is 0 Å². The van der Waals surface area contributed by atoms with Crippen LogP contribution in [0.4, 0.5) is 0 Å². The lowest BCUT2D eigenvalue weighted by Gasteiger charge is -2.40. The largest absolute Gasteiger partial charge is 0.478 e. The summed E-state index contributed by atoms with van der Waals surface area (Å²) >= 11 is 0. The van der Waals surface area contributed by atoms with Gasteiger partial charge in [-0.15, -0.1) is 0 Å². The van der Waals surface area contributed by atoms with Crippen LogP contribution in [0.3, 0.4) is 0 Å². The van der Waals surface area contributed by atoms with Crippen LogP contribution < -0.4 is 0 Å². The maximum Gasteiger partial charge on any atom is 0.334 e. The third kappa shape index (κ3) is 0.868. The van der Waals surface area contributed by atoms with Gasteiger partial charge in [0.15, 0.2) is 0 Å². The van der Waals surface area contributed by atoms with Crippen LogP contribution in [0.2, 0.25) is 0 Å². The molecule has 11 heavy (non-hydrogen) atoms. The van der Waals surface area contributed by atoms with Gasteiger partial charge < -0.3 is 15.3 Å². The van der Waals surface area contributed by atoms with Crippen molar-refractivity contribution in [2.45, 2.75) is 25.6 Å². The van der Waals surface area contributed by atoms with E-state index in [0.717, 1.165) is 0 Å². The Morgan fingerprint density at radius 3 is 2.27 bits per heavy atom. The Balaban J connectivity index is 3.05. The third-order valence-electron chi connectivity index (χ3n) is 2.06. The highest BCUT2D eigenvalue weighted by atomic mass is 16.4. The van der Waals surface area contributed by atoms with Crippen molar-refractivity contribution in [1.82, 2.24) is 0 Å². The highest BCUT2D eigenvalue weighted by molar-refractivity contribution is 5.93. The molecule has 0 aromatic heterocycles. The Morgan fingerprint density at radius 1 is 1.64 bits per heavy atom. The summed E-state index contributed by atoms with van der Waals surface area (Å²) in [4.78, 5) is 10.4. The second-order valence-corrected chi connectivity index (χ2v) is 2.91. The lowest BCUT2D eigenvalue weighted by molar-refractivity contribution is -0.139. The molecule has 0 amide bonds. The number of aliphatic hydroxyl groups is 2. The number of carboxylic acid groups (broad SMARTS) is 1. The topological polar surface area (TPSA) is 77.8 Å². The molecule has 0 spiro atoms. The number of hydrogen-bond acceptors (Lipinski definition) is 3. The van der Waals surface area contributed by atoms with Crippen LogP contribution in [0.15, 0.2) is 11.1 Å². The molecule has 4 heteroatoms. The van der Waals surface area contributed by atoms with Gasteiger partial charge in [-0.05, 0) is 19.4 Å². The van der Waals surface area contributed by atoms with Crippen LogP contribution in [-0.4, -0.2) is 33.0 Å². The monoisotopic (exact) mass is 158 g/mol. The van der Waals surface area contributed by atoms with Crippen molar-refractivity contribution in [2.75, 3.05) is 0 Å². The first-order valence-electron chi connectivity index (χ1n) is 3.24. The Bertz CT molecular complexity index is 239. The molecule has 2 atom stereocenters. The van der Waals surface area contributed by atoms with Crippen molar-refractivity contribution in [3.63, 3.8) is 0 Å². The second-order valence-electron chi connectivity index (χ2n) is 2.91. The zero-order valence-corrected chi connectivity index (χ0v) is 6.33. The van der Waals surface area contributed by atoms with E-state index in [1.54, 1.807) is 0 Å². The zero-order valence-electron chi connectivity index (χ0n) is 6.33. The van der Waals surface area contributed by atoms with Gasteiger partial charge in [0.1, 0.15) is 11.7 Å². The average molecular weight is 158 g/mol. The molecular formula is C7H10O4. The zero-order chi connectivity index (χ0) is 8.81. The van der Waals surface area contributed by atoms with E-state index in [0.29, 0.717) is 5.57 Å². The van der Waals surface area contributed by atoms with Crippen LogP contribution in [0.1, 0.15) is 13.8 Å². The van der Waals surface area contributed by atoms with Crippen molar-refractivity contribution >= 4 is 5.97 Å². The van der Waals surface area contributed by atoms with Gasteiger partial charge in [-0.25, -0.2) is 4.79 Å². The van der Waals surface area contributed by atoms with Crippen LogP contribution in [0.5, 0.6) is 0 Å². The van der Waals surface area contributed by atoms with Crippen molar-refractivity contribution < 1.29 is 20.1 Å². The fourth-order valence-electron chi connectivity index (χ4n) is 1.40. The summed E-state index contributed by atoms with van der Waals surface area (Å²) in [5, 5.41) is 26.9. The number of aliphatic hydroxyl groups excluding tert-OH is 1. The Labute approximate surface area is 63.8 Å². The molecule has 1 aliphatic rings. The summed E-state index contributed by atoms with van der Waals surface area (Å²) in [7, 11) is 0. The van der Waals surface area contributed by atoms with Gasteiger partial charge in [-0.1, -0.05) is 0 Å². The van der Waals surface area contributed by atoms with Crippen molar-refractivity contribution in [3.05, 3.63) is 11.1 Å². The molecule has 0 aromatic rings. The predicted octanol–water partition coefficient (Wildman–Crippen LogP) is -0.487. The van der Waals surface area contributed by atoms with Gasteiger partial charge in [0.05, 0.1) is 5.57 Å². The number of rotatable bonds is 1. The summed E-state index contributed by atoms with van der Waals surface area (Å²) in [5.74, 6) is -1.17. The van der Waals surface area contributed by atoms with Gasteiger partial charge in [-0.2, -0.15) is 0 Å². The Morgan fingerprint density at radius 2 is 2.09 bits per heavy atom. The molecule has 62 valence electrons. The molecule has 1 rings (SSSR count). The van der Waals surface area contributed by atoms with Gasteiger partial charge in [-0.3, -0.25) is 0 Å². The first-order valence-corrected chi connectivity index (χ1v) is 3.24. The molecule has 0 heterocycles. The Hall–Kier alpha value is -0.870. The van der Waals surface area contributed by atoms with Crippen LogP contribution in [0.25, 0.3) is 0 Å². The molecule has 0 saturated heterocycles. The number of carbonyl (C=O) groups is 1. The van der Waals surface area contributed by atoms with E-state index in [4.69, 9.17) is 10.2 Å². The van der Waals surface area contributed by atoms with Gasteiger partial charge >= 0.3 is 5.97 Å². The van der Waals surface area contributed by atoms with Crippen LogP contribution in [0, 0.1) is 0 Å². The summed E-state index contributed by atoms with van der Waals surface area (Å²) < 4.78 is 0. The summed E-state index contributed by atoms with van der Waals surface area (Å²) in [6.07, 6.45) is -1.03. The smallest absolute Gasteiger partial charge is 0.334 e. The molecule has 0 aliphatic heterocycles. The fraction of sp³-hybridized carbons (Fsp3) is 0.571. The maximum atomic E-state index is 10.4. The minimum absolute atomic E-state index is 0.0926. The molecular weight excluding hydrogens is 148 g/mol. The summed E-state index contributed by atoms with van der Waals surface area (Å²) in [6, 6.07) is 0. The molecule has 0 saturated carbocycles. The first-order chi connectivity index (χ1) is 4.89. The predicted molar refractivity (Wildman–Crippen MR) is 37.0 cm³/mol. The van der Waals surface area contributed by atoms with Gasteiger partial charge in [0.25, 0.3) is 0 Å². The normalized spacial score (nSPS) is 36.9. The summed E-state index contributed by atoms with van der Waals surface area (Å²) in [6.45, 7) is 2.78. The molecule has 0 unspecified atom stereocenters. The first kappa shape index (κ1) is 8.23. The molecule has 1 aliphatic carbocycles. The van der Waals surface area contributed by atoms with E-state index in [9.17, 15) is 9.90 Å². The lowest BCUT2D eigenvalue weighted by atomic mass is 9.72. The van der Waals surface area contributed by atoms with E-state index >= 15 is 0 Å². The quantitative estimate of drug-likeness (QED) is 0.481. The van der Waals surface area contributed by atoms with Crippen molar-refractivity contribution in [1.29, 1.82) is 0 Å². The SMILES string of the molecule is CC1=C(C(=O)O)[C@](C)(O)[C@@H]1O. The van der Waals surface area contributed by atoms with E-state index < -0.39 is 17.7 Å². The summed E-state index contributed by atoms with van der Waals surface area (Å²) in [5.41, 5.74) is -1.33. The highest BCUT2D eigenvalue weighted by Gasteiger charge is 2.49. The molecule has 0 bridgehead atoms. The number of carboxylic acids is 1.